The molecule has 2 heterocycles. The van der Waals surface area contributed by atoms with E-state index in [0.717, 1.165) is 30.6 Å². The zero-order valence-corrected chi connectivity index (χ0v) is 11.8. The Bertz CT molecular complexity index is 406. The number of hydrogen-bond donors (Lipinski definition) is 1. The van der Waals surface area contributed by atoms with Crippen molar-refractivity contribution in [1.82, 2.24) is 9.97 Å². The van der Waals surface area contributed by atoms with Crippen molar-refractivity contribution >= 4 is 11.6 Å². The van der Waals surface area contributed by atoms with Crippen LogP contribution in [0.2, 0.25) is 0 Å². The topological polar surface area (TPSA) is 41.0 Å². The summed E-state index contributed by atoms with van der Waals surface area (Å²) in [7, 11) is 0. The average molecular weight is 260 g/mol. The molecule has 0 spiro atoms. The molecule has 0 bridgehead atoms. The van der Waals surface area contributed by atoms with E-state index in [-0.39, 0.29) is 0 Å². The molecule has 4 nitrogen and oxygen atoms in total. The summed E-state index contributed by atoms with van der Waals surface area (Å²) in [5.41, 5.74) is 0. The fourth-order valence-electron chi connectivity index (χ4n) is 3.16. The van der Waals surface area contributed by atoms with Crippen molar-refractivity contribution in [3.8, 4) is 0 Å². The molecule has 1 aromatic rings. The summed E-state index contributed by atoms with van der Waals surface area (Å²) in [6, 6.07) is 2.71. The molecule has 104 valence electrons. The van der Waals surface area contributed by atoms with E-state index in [1.807, 2.05) is 0 Å². The monoisotopic (exact) mass is 260 g/mol. The van der Waals surface area contributed by atoms with Crippen LogP contribution in [0.3, 0.4) is 0 Å². The Balaban J connectivity index is 1.62. The molecule has 1 aromatic heterocycles. The van der Waals surface area contributed by atoms with Gasteiger partial charge >= 0.3 is 0 Å². The summed E-state index contributed by atoms with van der Waals surface area (Å²) in [5, 5.41) is 3.59. The maximum atomic E-state index is 4.40. The van der Waals surface area contributed by atoms with E-state index in [0.29, 0.717) is 6.04 Å². The number of aromatic nitrogens is 2. The predicted octanol–water partition coefficient (Wildman–Crippen LogP) is 3.07. The third-order valence-electron chi connectivity index (χ3n) is 4.45. The summed E-state index contributed by atoms with van der Waals surface area (Å²) in [6.07, 6.45) is 9.47. The van der Waals surface area contributed by atoms with Gasteiger partial charge in [0.25, 0.3) is 0 Å². The number of rotatable bonds is 3. The van der Waals surface area contributed by atoms with Crippen molar-refractivity contribution in [3.63, 3.8) is 0 Å². The molecule has 2 aliphatic rings. The Morgan fingerprint density at radius 2 is 1.84 bits per heavy atom. The summed E-state index contributed by atoms with van der Waals surface area (Å²) < 4.78 is 0. The van der Waals surface area contributed by atoms with Gasteiger partial charge in [-0.05, 0) is 44.4 Å². The molecule has 19 heavy (non-hydrogen) atoms. The van der Waals surface area contributed by atoms with Crippen LogP contribution in [0, 0.1) is 5.92 Å². The van der Waals surface area contributed by atoms with Crippen LogP contribution in [-0.2, 0) is 0 Å². The third kappa shape index (κ3) is 3.17. The first kappa shape index (κ1) is 12.7. The molecule has 0 atom stereocenters. The van der Waals surface area contributed by atoms with E-state index < -0.39 is 0 Å². The van der Waals surface area contributed by atoms with Gasteiger partial charge < -0.3 is 10.2 Å². The molecule has 0 amide bonds. The van der Waals surface area contributed by atoms with Gasteiger partial charge in [0, 0.05) is 25.2 Å². The summed E-state index contributed by atoms with van der Waals surface area (Å²) in [5.74, 6) is 2.97. The molecule has 0 aromatic carbocycles. The number of nitrogens with zero attached hydrogens (tertiary/aromatic N) is 3. The Labute approximate surface area is 115 Å². The van der Waals surface area contributed by atoms with Crippen molar-refractivity contribution in [2.75, 3.05) is 23.3 Å². The summed E-state index contributed by atoms with van der Waals surface area (Å²) >= 11 is 0. The van der Waals surface area contributed by atoms with Gasteiger partial charge in [-0.3, -0.25) is 0 Å². The van der Waals surface area contributed by atoms with Gasteiger partial charge in [-0.25, -0.2) is 9.97 Å². The van der Waals surface area contributed by atoms with Gasteiger partial charge in [-0.15, -0.1) is 0 Å². The minimum Gasteiger partial charge on any atom is -0.367 e. The first-order chi connectivity index (χ1) is 9.31. The lowest BCUT2D eigenvalue weighted by atomic mass is 9.87. The molecule has 2 fully saturated rings. The molecule has 1 saturated heterocycles. The zero-order valence-electron chi connectivity index (χ0n) is 11.8. The molecular weight excluding hydrogens is 236 g/mol. The SMILES string of the molecule is CC1CCC(Nc2cc(N3CCCC3)ncn2)CC1. The Morgan fingerprint density at radius 1 is 1.11 bits per heavy atom. The standard InChI is InChI=1S/C15H24N4/c1-12-4-6-13(7-5-12)18-14-10-15(17-11-16-14)19-8-2-3-9-19/h10-13H,2-9H2,1H3,(H,16,17,18). The first-order valence-electron chi connectivity index (χ1n) is 7.65. The normalized spacial score (nSPS) is 27.5. The number of nitrogens with one attached hydrogen (secondary N) is 1. The van der Waals surface area contributed by atoms with Gasteiger partial charge in [0.15, 0.2) is 0 Å². The van der Waals surface area contributed by atoms with Crippen LogP contribution in [0.25, 0.3) is 0 Å². The highest BCUT2D eigenvalue weighted by Crippen LogP contribution is 2.26. The quantitative estimate of drug-likeness (QED) is 0.907. The van der Waals surface area contributed by atoms with E-state index in [1.165, 1.54) is 38.5 Å². The lowest BCUT2D eigenvalue weighted by molar-refractivity contribution is 0.361. The highest BCUT2D eigenvalue weighted by atomic mass is 15.2. The van der Waals surface area contributed by atoms with E-state index >= 15 is 0 Å². The fraction of sp³-hybridized carbons (Fsp3) is 0.733. The molecule has 1 aliphatic carbocycles. The average Bonchev–Trinajstić information content (AvgIpc) is 2.96. The molecule has 1 N–H and O–H groups in total. The molecular formula is C15H24N4. The molecule has 1 saturated carbocycles. The molecule has 4 heteroatoms. The van der Waals surface area contributed by atoms with Crippen LogP contribution in [0.5, 0.6) is 0 Å². The second-order valence-corrected chi connectivity index (χ2v) is 6.06. The summed E-state index contributed by atoms with van der Waals surface area (Å²) in [4.78, 5) is 11.1. The van der Waals surface area contributed by atoms with Gasteiger partial charge in [-0.2, -0.15) is 0 Å². The lowest BCUT2D eigenvalue weighted by Gasteiger charge is -2.27. The highest BCUT2D eigenvalue weighted by Gasteiger charge is 2.19. The van der Waals surface area contributed by atoms with Crippen LogP contribution >= 0.6 is 0 Å². The fourth-order valence-corrected chi connectivity index (χ4v) is 3.16. The lowest BCUT2D eigenvalue weighted by Crippen LogP contribution is -2.26. The molecule has 1 aliphatic heterocycles. The van der Waals surface area contributed by atoms with Crippen LogP contribution in [0.4, 0.5) is 11.6 Å². The largest absolute Gasteiger partial charge is 0.367 e. The van der Waals surface area contributed by atoms with E-state index in [1.54, 1.807) is 6.33 Å². The van der Waals surface area contributed by atoms with Crippen molar-refractivity contribution in [3.05, 3.63) is 12.4 Å². The second kappa shape index (κ2) is 5.76. The molecule has 3 rings (SSSR count). The van der Waals surface area contributed by atoms with Gasteiger partial charge in [0.05, 0.1) is 0 Å². The van der Waals surface area contributed by atoms with Crippen LogP contribution in [0.1, 0.15) is 45.4 Å². The summed E-state index contributed by atoms with van der Waals surface area (Å²) in [6.45, 7) is 4.63. The van der Waals surface area contributed by atoms with Crippen molar-refractivity contribution < 1.29 is 0 Å². The third-order valence-corrected chi connectivity index (χ3v) is 4.45. The van der Waals surface area contributed by atoms with Crippen molar-refractivity contribution in [2.45, 2.75) is 51.5 Å². The van der Waals surface area contributed by atoms with Gasteiger partial charge in [-0.1, -0.05) is 6.92 Å². The van der Waals surface area contributed by atoms with Crippen molar-refractivity contribution in [1.29, 1.82) is 0 Å². The smallest absolute Gasteiger partial charge is 0.134 e. The van der Waals surface area contributed by atoms with Gasteiger partial charge in [0.1, 0.15) is 18.0 Å². The molecule has 0 unspecified atom stereocenters. The van der Waals surface area contributed by atoms with E-state index in [4.69, 9.17) is 0 Å². The van der Waals surface area contributed by atoms with Crippen LogP contribution in [0.15, 0.2) is 12.4 Å². The Kier molecular flexibility index (Phi) is 3.85. The zero-order chi connectivity index (χ0) is 13.1. The maximum absolute atomic E-state index is 4.40. The highest BCUT2D eigenvalue weighted by molar-refractivity contribution is 5.49. The van der Waals surface area contributed by atoms with E-state index in [9.17, 15) is 0 Å². The van der Waals surface area contributed by atoms with Gasteiger partial charge in [0.2, 0.25) is 0 Å². The Morgan fingerprint density at radius 3 is 2.58 bits per heavy atom. The minimum atomic E-state index is 0.595. The Hall–Kier alpha value is -1.32. The maximum Gasteiger partial charge on any atom is 0.134 e. The number of anilines is 2. The van der Waals surface area contributed by atoms with Crippen molar-refractivity contribution in [2.24, 2.45) is 5.92 Å². The second-order valence-electron chi connectivity index (χ2n) is 6.06. The molecule has 0 radical (unpaired) electrons. The van der Waals surface area contributed by atoms with Crippen LogP contribution < -0.4 is 10.2 Å². The van der Waals surface area contributed by atoms with Crippen LogP contribution in [-0.4, -0.2) is 29.1 Å². The number of hydrogen-bond acceptors (Lipinski definition) is 4. The first-order valence-corrected chi connectivity index (χ1v) is 7.65. The minimum absolute atomic E-state index is 0.595. The van der Waals surface area contributed by atoms with E-state index in [2.05, 4.69) is 33.2 Å². The predicted molar refractivity (Wildman–Crippen MR) is 78.5 cm³/mol.